The molecule has 0 fully saturated rings. The summed E-state index contributed by atoms with van der Waals surface area (Å²) in [5.41, 5.74) is 0. The summed E-state index contributed by atoms with van der Waals surface area (Å²) < 4.78 is 21.2. The summed E-state index contributed by atoms with van der Waals surface area (Å²) >= 11 is 0. The Morgan fingerprint density at radius 1 is 0.880 bits per heavy atom. The van der Waals surface area contributed by atoms with Crippen molar-refractivity contribution in [1.29, 1.82) is 0 Å². The smallest absolute Gasteiger partial charge is 0.790 e. The Morgan fingerprint density at radius 2 is 1.20 bits per heavy atom. The van der Waals surface area contributed by atoms with E-state index >= 15 is 0 Å². The Balaban J connectivity index is -0.0000000639. The van der Waals surface area contributed by atoms with Crippen LogP contribution in [-0.2, 0) is 18.2 Å². The molecule has 13 nitrogen and oxygen atoms in total. The van der Waals surface area contributed by atoms with Crippen molar-refractivity contribution in [1.82, 2.24) is 0 Å². The summed E-state index contributed by atoms with van der Waals surface area (Å²) in [6, 6.07) is 0. The number of aliphatic hydroxyl groups excluding tert-OH is 5. The minimum Gasteiger partial charge on any atom is -0.790 e. The first kappa shape index (κ1) is 42.8. The molecule has 0 amide bonds. The van der Waals surface area contributed by atoms with Gasteiger partial charge in [-0.15, -0.1) is 0 Å². The topological polar surface area (TPSA) is 254 Å². The van der Waals surface area contributed by atoms with Gasteiger partial charge in [0.05, 0.1) is 22.3 Å². The molecule has 0 heterocycles. The van der Waals surface area contributed by atoms with Gasteiger partial charge in [-0.05, 0) is 0 Å². The van der Waals surface area contributed by atoms with E-state index < -0.39 is 53.0 Å². The number of carbonyl (C=O) groups excluding carboxylic acids is 1. The molecule has 5 N–H and O–H groups in total. The minimum atomic E-state index is -5.68. The molecule has 3 atom stereocenters. The molecule has 0 saturated carbocycles. The maximum Gasteiger partial charge on any atom is 1.00 e. The van der Waals surface area contributed by atoms with Crippen LogP contribution in [-0.4, -0.2) is 62.8 Å². The molecule has 0 radical (unpaired) electrons. The van der Waals surface area contributed by atoms with Gasteiger partial charge in [-0.2, -0.15) is 0 Å². The van der Waals surface area contributed by atoms with Crippen LogP contribution in [0.3, 0.4) is 0 Å². The molecule has 3 unspecified atom stereocenters. The van der Waals surface area contributed by atoms with Crippen molar-refractivity contribution in [2.24, 2.45) is 0 Å². The zero-order chi connectivity index (χ0) is 17.4. The van der Waals surface area contributed by atoms with Gasteiger partial charge < -0.3 is 58.5 Å². The molecule has 0 aromatic heterocycles. The summed E-state index contributed by atoms with van der Waals surface area (Å²) in [5.74, 6) is -1.00. The van der Waals surface area contributed by atoms with Gasteiger partial charge in [0.15, 0.2) is 5.78 Å². The first-order valence-corrected chi connectivity index (χ1v) is 7.71. The molecule has 0 spiro atoms. The van der Waals surface area contributed by atoms with Gasteiger partial charge in [0.2, 0.25) is 0 Å². The molecular formula is C6H12Na4O13P2. The summed E-state index contributed by atoms with van der Waals surface area (Å²) in [6.45, 7) is -1.69. The largest absolute Gasteiger partial charge is 1.00 e. The predicted molar refractivity (Wildman–Crippen MR) is 53.5 cm³/mol. The van der Waals surface area contributed by atoms with Crippen LogP contribution < -0.4 is 138 Å². The summed E-state index contributed by atoms with van der Waals surface area (Å²) in [5, 5.41) is 43.1. The molecule has 0 aliphatic carbocycles. The van der Waals surface area contributed by atoms with E-state index in [0.29, 0.717) is 0 Å². The molecule has 19 heteroatoms. The minimum absolute atomic E-state index is 0. The van der Waals surface area contributed by atoms with E-state index in [-0.39, 0.29) is 118 Å². The molecule has 0 aromatic rings. The van der Waals surface area contributed by atoms with Gasteiger partial charge in [0, 0.05) is 0 Å². The number of Topliss-reactive ketones (excluding diaryl/α,β-unsaturated/α-hetero) is 1. The quantitative estimate of drug-likeness (QED) is 0.180. The van der Waals surface area contributed by atoms with Gasteiger partial charge in [-0.3, -0.25) is 4.79 Å². The standard InChI is InChI=1S/C6H12O6.4Na.H4O7P2/c7-1-3(9)5(11)6(12)4(10)2-8;;;;;1-8(2,3)7-9(4,5)6/h3,5-9,11-12H,1-2H2;;;;;(H2,1,2,3)(H2,4,5,6)/q;4*+1;/p-4. The number of hydrogen-bond donors (Lipinski definition) is 5. The van der Waals surface area contributed by atoms with Crippen LogP contribution in [0.4, 0.5) is 0 Å². The number of rotatable bonds is 7. The number of aliphatic hydroxyl groups is 5. The van der Waals surface area contributed by atoms with Crippen molar-refractivity contribution in [2.45, 2.75) is 18.3 Å². The second-order valence-corrected chi connectivity index (χ2v) is 5.73. The molecule has 0 aromatic carbocycles. The average molecular weight is 446 g/mol. The Hall–Kier alpha value is 3.73. The number of carbonyl (C=O) groups is 1. The Kier molecular flexibility index (Phi) is 35.9. The molecule has 0 saturated heterocycles. The maximum absolute atomic E-state index is 10.5. The van der Waals surface area contributed by atoms with Gasteiger partial charge >= 0.3 is 118 Å². The van der Waals surface area contributed by atoms with Crippen LogP contribution in [0.25, 0.3) is 0 Å². The number of ketones is 1. The van der Waals surface area contributed by atoms with E-state index in [0.717, 1.165) is 0 Å². The van der Waals surface area contributed by atoms with Crippen LogP contribution >= 0.6 is 15.6 Å². The Morgan fingerprint density at radius 3 is 1.36 bits per heavy atom. The molecule has 128 valence electrons. The first-order chi connectivity index (χ1) is 9.25. The second-order valence-electron chi connectivity index (χ2n) is 3.29. The third-order valence-corrected chi connectivity index (χ3v) is 3.19. The third kappa shape index (κ3) is 27.7. The van der Waals surface area contributed by atoms with Gasteiger partial charge in [0.1, 0.15) is 24.9 Å². The fraction of sp³-hybridized carbons (Fsp3) is 0.833. The zero-order valence-electron chi connectivity index (χ0n) is 14.0. The van der Waals surface area contributed by atoms with E-state index in [1.54, 1.807) is 0 Å². The van der Waals surface area contributed by atoms with Crippen LogP contribution in [0.15, 0.2) is 0 Å². The fourth-order valence-corrected chi connectivity index (χ4v) is 1.70. The zero-order valence-corrected chi connectivity index (χ0v) is 23.8. The van der Waals surface area contributed by atoms with Crippen molar-refractivity contribution in [3.63, 3.8) is 0 Å². The summed E-state index contributed by atoms with van der Waals surface area (Å²) in [7, 11) is -11.4. The van der Waals surface area contributed by atoms with E-state index in [1.165, 1.54) is 0 Å². The second kappa shape index (κ2) is 21.0. The van der Waals surface area contributed by atoms with E-state index in [1.807, 2.05) is 0 Å². The van der Waals surface area contributed by atoms with Crippen molar-refractivity contribution < 1.29 is 182 Å². The monoisotopic (exact) mass is 446 g/mol. The molecular weight excluding hydrogens is 434 g/mol. The molecule has 0 aliphatic heterocycles. The van der Waals surface area contributed by atoms with Gasteiger partial charge in [-0.1, -0.05) is 0 Å². The van der Waals surface area contributed by atoms with Crippen LogP contribution in [0.2, 0.25) is 0 Å². The molecule has 0 bridgehead atoms. The van der Waals surface area contributed by atoms with Crippen LogP contribution in [0.5, 0.6) is 0 Å². The van der Waals surface area contributed by atoms with Gasteiger partial charge in [0.25, 0.3) is 0 Å². The normalized spacial score (nSPS) is 13.8. The fourth-order valence-electron chi connectivity index (χ4n) is 0.725. The van der Waals surface area contributed by atoms with Crippen molar-refractivity contribution >= 4 is 21.4 Å². The predicted octanol–water partition coefficient (Wildman–Crippen LogP) is -18.7. The molecule has 0 rings (SSSR count). The average Bonchev–Trinajstić information content (AvgIpc) is 2.31. The van der Waals surface area contributed by atoms with Crippen molar-refractivity contribution in [2.75, 3.05) is 13.2 Å². The van der Waals surface area contributed by atoms with Crippen molar-refractivity contribution in [3.8, 4) is 0 Å². The molecule has 0 aliphatic rings. The third-order valence-electron chi connectivity index (χ3n) is 1.59. The van der Waals surface area contributed by atoms with Gasteiger partial charge in [-0.25, -0.2) is 0 Å². The number of phosphoric acid groups is 2. The summed E-state index contributed by atoms with van der Waals surface area (Å²) in [6.07, 6.45) is -5.22. The summed E-state index contributed by atoms with van der Waals surface area (Å²) in [4.78, 5) is 47.8. The maximum atomic E-state index is 10.5. The number of hydrogen-bond acceptors (Lipinski definition) is 13. The van der Waals surface area contributed by atoms with Crippen LogP contribution in [0.1, 0.15) is 0 Å². The molecule has 25 heavy (non-hydrogen) atoms. The van der Waals surface area contributed by atoms with Crippen molar-refractivity contribution in [3.05, 3.63) is 0 Å². The van der Waals surface area contributed by atoms with E-state index in [4.69, 9.17) is 25.5 Å². The Bertz CT molecular complexity index is 393. The van der Waals surface area contributed by atoms with E-state index in [9.17, 15) is 33.5 Å². The van der Waals surface area contributed by atoms with Crippen LogP contribution in [0, 0.1) is 0 Å². The van der Waals surface area contributed by atoms with E-state index in [2.05, 4.69) is 4.31 Å². The SMILES string of the molecule is O=C(CO)C(O)C(O)C(O)CO.O=P([O-])([O-])OP(=O)([O-])[O-].[Na+].[Na+].[Na+].[Na+]. The first-order valence-electron chi connectivity index (χ1n) is 4.79. The Labute approximate surface area is 231 Å².